The molecule has 1 aliphatic carbocycles. The normalized spacial score (nSPS) is 15.7. The maximum atomic E-state index is 12.1. The lowest BCUT2D eigenvalue weighted by Gasteiger charge is -2.10. The highest BCUT2D eigenvalue weighted by molar-refractivity contribution is 5.90. The van der Waals surface area contributed by atoms with E-state index in [9.17, 15) is 9.59 Å². The molecule has 1 aromatic carbocycles. The van der Waals surface area contributed by atoms with Gasteiger partial charge < -0.3 is 15.4 Å². The fourth-order valence-electron chi connectivity index (χ4n) is 2.84. The third kappa shape index (κ3) is 2.58. The number of para-hydroxylation sites is 1. The van der Waals surface area contributed by atoms with Crippen LogP contribution in [0.3, 0.4) is 0 Å². The quantitative estimate of drug-likeness (QED) is 0.765. The number of carbonyl (C=O) groups is 2. The van der Waals surface area contributed by atoms with Crippen molar-refractivity contribution >= 4 is 22.8 Å². The highest BCUT2D eigenvalue weighted by Gasteiger charge is 2.50. The standard InChI is InChI=1S/C17H20N2O3/c1-2-11-4-3-5-13-12(9-18-15(11)13)8-14(20)19-10-17(6-7-17)16(21)22/h3-5,9,18H,2,6-8,10H2,1H3,(H,19,20)(H,21,22). The van der Waals surface area contributed by atoms with Crippen LogP contribution in [0.1, 0.15) is 30.9 Å². The second-order valence-electron chi connectivity index (χ2n) is 6.05. The van der Waals surface area contributed by atoms with E-state index >= 15 is 0 Å². The van der Waals surface area contributed by atoms with Crippen molar-refractivity contribution in [2.75, 3.05) is 6.54 Å². The zero-order valence-corrected chi connectivity index (χ0v) is 12.6. The molecule has 3 rings (SSSR count). The molecule has 0 aliphatic heterocycles. The summed E-state index contributed by atoms with van der Waals surface area (Å²) in [5.74, 6) is -0.942. The van der Waals surface area contributed by atoms with E-state index in [1.165, 1.54) is 5.56 Å². The van der Waals surface area contributed by atoms with Gasteiger partial charge in [0.15, 0.2) is 0 Å². The number of aryl methyl sites for hydroxylation is 1. The number of aromatic nitrogens is 1. The minimum absolute atomic E-state index is 0.129. The average Bonchev–Trinajstić information content (AvgIpc) is 3.21. The molecule has 0 bridgehead atoms. The van der Waals surface area contributed by atoms with Gasteiger partial charge in [-0.25, -0.2) is 0 Å². The van der Waals surface area contributed by atoms with E-state index in [1.54, 1.807) is 0 Å². The van der Waals surface area contributed by atoms with Gasteiger partial charge in [-0.05, 0) is 30.4 Å². The van der Waals surface area contributed by atoms with Crippen molar-refractivity contribution in [3.63, 3.8) is 0 Å². The molecular formula is C17H20N2O3. The first-order valence-electron chi connectivity index (χ1n) is 7.64. The minimum Gasteiger partial charge on any atom is -0.481 e. The van der Waals surface area contributed by atoms with Gasteiger partial charge in [0.1, 0.15) is 0 Å². The van der Waals surface area contributed by atoms with E-state index in [1.807, 2.05) is 18.3 Å². The topological polar surface area (TPSA) is 82.2 Å². The first-order valence-corrected chi connectivity index (χ1v) is 7.64. The summed E-state index contributed by atoms with van der Waals surface area (Å²) in [7, 11) is 0. The first kappa shape index (κ1) is 14.6. The molecular weight excluding hydrogens is 280 g/mol. The highest BCUT2D eigenvalue weighted by Crippen LogP contribution is 2.45. The number of hydrogen-bond acceptors (Lipinski definition) is 2. The van der Waals surface area contributed by atoms with E-state index in [2.05, 4.69) is 23.3 Å². The van der Waals surface area contributed by atoms with E-state index < -0.39 is 11.4 Å². The Morgan fingerprint density at radius 2 is 2.09 bits per heavy atom. The highest BCUT2D eigenvalue weighted by atomic mass is 16.4. The van der Waals surface area contributed by atoms with Gasteiger partial charge in [-0.3, -0.25) is 9.59 Å². The molecule has 116 valence electrons. The van der Waals surface area contributed by atoms with E-state index in [4.69, 9.17) is 5.11 Å². The molecule has 2 aromatic rings. The van der Waals surface area contributed by atoms with Crippen LogP contribution < -0.4 is 5.32 Å². The van der Waals surface area contributed by atoms with E-state index in [-0.39, 0.29) is 18.9 Å². The summed E-state index contributed by atoms with van der Waals surface area (Å²) in [4.78, 5) is 26.4. The minimum atomic E-state index is -0.813. The van der Waals surface area contributed by atoms with E-state index in [0.29, 0.717) is 12.8 Å². The molecule has 0 atom stereocenters. The molecule has 0 radical (unpaired) electrons. The number of H-pyrrole nitrogens is 1. The van der Waals surface area contributed by atoms with Gasteiger partial charge in [-0.15, -0.1) is 0 Å². The Morgan fingerprint density at radius 3 is 2.73 bits per heavy atom. The lowest BCUT2D eigenvalue weighted by molar-refractivity contribution is -0.143. The van der Waals surface area contributed by atoms with Crippen LogP contribution in [0.5, 0.6) is 0 Å². The van der Waals surface area contributed by atoms with Gasteiger partial charge in [-0.2, -0.15) is 0 Å². The number of hydrogen-bond donors (Lipinski definition) is 3. The number of fused-ring (bicyclic) bond motifs is 1. The van der Waals surface area contributed by atoms with Gasteiger partial charge >= 0.3 is 5.97 Å². The molecule has 1 heterocycles. The smallest absolute Gasteiger partial charge is 0.311 e. The molecule has 3 N–H and O–H groups in total. The molecule has 1 amide bonds. The number of carboxylic acid groups (broad SMARTS) is 1. The summed E-state index contributed by atoms with van der Waals surface area (Å²) in [5, 5.41) is 12.9. The number of aliphatic carboxylic acids is 1. The van der Waals surface area contributed by atoms with Gasteiger partial charge in [0.2, 0.25) is 5.91 Å². The van der Waals surface area contributed by atoms with Gasteiger partial charge in [0, 0.05) is 23.6 Å². The van der Waals surface area contributed by atoms with Crippen LogP contribution in [-0.2, 0) is 22.4 Å². The van der Waals surface area contributed by atoms with Crippen molar-refractivity contribution in [3.05, 3.63) is 35.5 Å². The second kappa shape index (κ2) is 5.48. The van der Waals surface area contributed by atoms with Crippen LogP contribution in [0.15, 0.2) is 24.4 Å². The molecule has 22 heavy (non-hydrogen) atoms. The molecule has 1 fully saturated rings. The summed E-state index contributed by atoms with van der Waals surface area (Å²) < 4.78 is 0. The maximum Gasteiger partial charge on any atom is 0.311 e. The molecule has 5 heteroatoms. The summed E-state index contributed by atoms with van der Waals surface area (Å²) in [6, 6.07) is 6.08. The van der Waals surface area contributed by atoms with Gasteiger partial charge in [0.25, 0.3) is 0 Å². The van der Waals surface area contributed by atoms with Gasteiger partial charge in [-0.1, -0.05) is 25.1 Å². The number of nitrogens with one attached hydrogen (secondary N) is 2. The first-order chi connectivity index (χ1) is 10.6. The van der Waals surface area contributed by atoms with Crippen LogP contribution >= 0.6 is 0 Å². The summed E-state index contributed by atoms with van der Waals surface area (Å²) in [6.07, 6.45) is 4.37. The lowest BCUT2D eigenvalue weighted by Crippen LogP contribution is -2.35. The Morgan fingerprint density at radius 1 is 1.32 bits per heavy atom. The third-order valence-electron chi connectivity index (χ3n) is 4.55. The maximum absolute atomic E-state index is 12.1. The summed E-state index contributed by atoms with van der Waals surface area (Å²) in [6.45, 7) is 2.33. The molecule has 0 saturated heterocycles. The number of carbonyl (C=O) groups excluding carboxylic acids is 1. The lowest BCUT2D eigenvalue weighted by atomic mass is 10.0. The number of amides is 1. The Labute approximate surface area is 128 Å². The zero-order chi connectivity index (χ0) is 15.7. The van der Waals surface area contributed by atoms with Crippen LogP contribution in [0.4, 0.5) is 0 Å². The number of carboxylic acids is 1. The Kier molecular flexibility index (Phi) is 3.64. The molecule has 1 saturated carbocycles. The zero-order valence-electron chi connectivity index (χ0n) is 12.6. The Bertz CT molecular complexity index is 729. The predicted molar refractivity (Wildman–Crippen MR) is 83.7 cm³/mol. The summed E-state index contributed by atoms with van der Waals surface area (Å²) >= 11 is 0. The van der Waals surface area contributed by atoms with E-state index in [0.717, 1.165) is 22.9 Å². The summed E-state index contributed by atoms with van der Waals surface area (Å²) in [5.41, 5.74) is 2.54. The Hall–Kier alpha value is -2.30. The fraction of sp³-hybridized carbons (Fsp3) is 0.412. The number of rotatable bonds is 6. The van der Waals surface area contributed by atoms with Crippen LogP contribution in [-0.4, -0.2) is 28.5 Å². The second-order valence-corrected chi connectivity index (χ2v) is 6.05. The van der Waals surface area contributed by atoms with Crippen LogP contribution in [0, 0.1) is 5.41 Å². The Balaban J connectivity index is 1.68. The molecule has 1 aliphatic rings. The predicted octanol–water partition coefficient (Wildman–Crippen LogP) is 2.25. The monoisotopic (exact) mass is 300 g/mol. The molecule has 5 nitrogen and oxygen atoms in total. The van der Waals surface area contributed by atoms with Crippen molar-refractivity contribution in [3.8, 4) is 0 Å². The van der Waals surface area contributed by atoms with Crippen molar-refractivity contribution in [2.24, 2.45) is 5.41 Å². The van der Waals surface area contributed by atoms with Gasteiger partial charge in [0.05, 0.1) is 11.8 Å². The van der Waals surface area contributed by atoms with Crippen LogP contribution in [0.25, 0.3) is 10.9 Å². The molecule has 1 aromatic heterocycles. The van der Waals surface area contributed by atoms with Crippen molar-refractivity contribution in [2.45, 2.75) is 32.6 Å². The fourth-order valence-corrected chi connectivity index (χ4v) is 2.84. The van der Waals surface area contributed by atoms with Crippen molar-refractivity contribution < 1.29 is 14.7 Å². The van der Waals surface area contributed by atoms with Crippen molar-refractivity contribution in [1.29, 1.82) is 0 Å². The SMILES string of the molecule is CCc1cccc2c(CC(=O)NCC3(C(=O)O)CC3)c[nH]c12. The van der Waals surface area contributed by atoms with Crippen LogP contribution in [0.2, 0.25) is 0 Å². The number of aromatic amines is 1. The number of benzene rings is 1. The third-order valence-corrected chi connectivity index (χ3v) is 4.55. The molecule has 0 unspecified atom stereocenters. The average molecular weight is 300 g/mol. The largest absolute Gasteiger partial charge is 0.481 e. The molecule has 0 spiro atoms. The van der Waals surface area contributed by atoms with Crippen molar-refractivity contribution in [1.82, 2.24) is 10.3 Å².